The van der Waals surface area contributed by atoms with E-state index in [0.29, 0.717) is 0 Å². The molecule has 0 N–H and O–H groups in total. The second-order valence-corrected chi connectivity index (χ2v) is 3.19. The second kappa shape index (κ2) is 3.39. The summed E-state index contributed by atoms with van der Waals surface area (Å²) in [7, 11) is 0. The van der Waals surface area contributed by atoms with Crippen LogP contribution < -0.4 is 0 Å². The molecule has 0 aromatic heterocycles. The summed E-state index contributed by atoms with van der Waals surface area (Å²) >= 11 is 1.05. The van der Waals surface area contributed by atoms with Crippen LogP contribution in [0.4, 0.5) is 13.2 Å². The van der Waals surface area contributed by atoms with Crippen LogP contribution in [-0.2, 0) is 0 Å². The number of hydrogen-bond donors (Lipinski definition) is 0. The molecule has 0 fully saturated rings. The van der Waals surface area contributed by atoms with E-state index in [9.17, 15) is 13.2 Å². The van der Waals surface area contributed by atoms with Crippen molar-refractivity contribution < 1.29 is 13.2 Å². The minimum Gasteiger partial charge on any atom is -0.203 e. The van der Waals surface area contributed by atoms with E-state index in [2.05, 4.69) is 0 Å². The Kier molecular flexibility index (Phi) is 2.67. The van der Waals surface area contributed by atoms with Crippen molar-refractivity contribution in [1.29, 1.82) is 0 Å². The van der Waals surface area contributed by atoms with E-state index in [1.165, 1.54) is 13.0 Å². The minimum atomic E-state index is -1.39. The standard InChI is InChI=1S/C8H7F3S/c1-4-3-5(12-2)7(10)8(11)6(4)9/h3H,1-2H3. The van der Waals surface area contributed by atoms with Crippen LogP contribution in [0.5, 0.6) is 0 Å². The lowest BCUT2D eigenvalue weighted by atomic mass is 10.2. The number of rotatable bonds is 1. The predicted octanol–water partition coefficient (Wildman–Crippen LogP) is 3.13. The normalized spacial score (nSPS) is 10.4. The van der Waals surface area contributed by atoms with Gasteiger partial charge in [0.1, 0.15) is 0 Å². The SMILES string of the molecule is CSc1cc(C)c(F)c(F)c1F. The van der Waals surface area contributed by atoms with Gasteiger partial charge in [0.05, 0.1) is 0 Å². The molecule has 0 saturated heterocycles. The van der Waals surface area contributed by atoms with Crippen LogP contribution in [0.15, 0.2) is 11.0 Å². The van der Waals surface area contributed by atoms with E-state index in [0.717, 1.165) is 11.8 Å². The Labute approximate surface area is 72.8 Å². The van der Waals surface area contributed by atoms with Crippen LogP contribution in [0.3, 0.4) is 0 Å². The highest BCUT2D eigenvalue weighted by molar-refractivity contribution is 7.98. The Hall–Kier alpha value is -0.640. The summed E-state index contributed by atoms with van der Waals surface area (Å²) in [5.41, 5.74) is 0.123. The van der Waals surface area contributed by atoms with Gasteiger partial charge in [-0.05, 0) is 24.8 Å². The van der Waals surface area contributed by atoms with E-state index < -0.39 is 17.5 Å². The maximum atomic E-state index is 12.8. The fourth-order valence-corrected chi connectivity index (χ4v) is 1.41. The van der Waals surface area contributed by atoms with E-state index >= 15 is 0 Å². The summed E-state index contributed by atoms with van der Waals surface area (Å²) in [4.78, 5) is 0.131. The topological polar surface area (TPSA) is 0 Å². The largest absolute Gasteiger partial charge is 0.203 e. The van der Waals surface area contributed by atoms with Crippen LogP contribution in [0.1, 0.15) is 5.56 Å². The molecule has 0 bridgehead atoms. The zero-order valence-corrected chi connectivity index (χ0v) is 7.44. The molecule has 0 aliphatic rings. The molecule has 0 atom stereocenters. The average molecular weight is 192 g/mol. The van der Waals surface area contributed by atoms with Crippen LogP contribution >= 0.6 is 11.8 Å². The lowest BCUT2D eigenvalue weighted by molar-refractivity contribution is 0.432. The summed E-state index contributed by atoms with van der Waals surface area (Å²) < 4.78 is 38.2. The molecule has 1 aromatic carbocycles. The molecule has 0 amide bonds. The molecule has 0 aliphatic carbocycles. The molecule has 0 spiro atoms. The van der Waals surface area contributed by atoms with E-state index in [1.807, 2.05) is 0 Å². The number of thioether (sulfide) groups is 1. The highest BCUT2D eigenvalue weighted by Crippen LogP contribution is 2.25. The summed E-state index contributed by atoms with van der Waals surface area (Å²) in [6.45, 7) is 1.40. The van der Waals surface area contributed by atoms with Gasteiger partial charge in [0.2, 0.25) is 0 Å². The summed E-state index contributed by atoms with van der Waals surface area (Å²) in [5, 5.41) is 0. The molecule has 1 aromatic rings. The molecule has 12 heavy (non-hydrogen) atoms. The van der Waals surface area contributed by atoms with E-state index in [1.54, 1.807) is 6.26 Å². The Morgan fingerprint density at radius 3 is 2.17 bits per heavy atom. The molecule has 0 unspecified atom stereocenters. The van der Waals surface area contributed by atoms with Crippen molar-refractivity contribution in [2.45, 2.75) is 11.8 Å². The number of benzene rings is 1. The van der Waals surface area contributed by atoms with E-state index in [4.69, 9.17) is 0 Å². The third kappa shape index (κ3) is 1.43. The quantitative estimate of drug-likeness (QED) is 0.486. The molecule has 4 heteroatoms. The Morgan fingerprint density at radius 1 is 1.08 bits per heavy atom. The van der Waals surface area contributed by atoms with Gasteiger partial charge in [-0.15, -0.1) is 11.8 Å². The van der Waals surface area contributed by atoms with Crippen molar-refractivity contribution in [2.75, 3.05) is 6.26 Å². The molecule has 66 valence electrons. The van der Waals surface area contributed by atoms with Gasteiger partial charge in [0.15, 0.2) is 17.5 Å². The number of halogens is 3. The zero-order valence-electron chi connectivity index (χ0n) is 6.62. The summed E-state index contributed by atoms with van der Waals surface area (Å²) in [6, 6.07) is 1.29. The monoisotopic (exact) mass is 192 g/mol. The average Bonchev–Trinajstić information content (AvgIpc) is 2.08. The Morgan fingerprint density at radius 2 is 1.67 bits per heavy atom. The summed E-state index contributed by atoms with van der Waals surface area (Å²) in [6.07, 6.45) is 1.61. The molecule has 1 rings (SSSR count). The lowest BCUT2D eigenvalue weighted by Crippen LogP contribution is -1.96. The lowest BCUT2D eigenvalue weighted by Gasteiger charge is -2.03. The van der Waals surface area contributed by atoms with Crippen LogP contribution in [-0.4, -0.2) is 6.26 Å². The second-order valence-electron chi connectivity index (χ2n) is 2.34. The van der Waals surface area contributed by atoms with Gasteiger partial charge in [-0.1, -0.05) is 0 Å². The molecular weight excluding hydrogens is 185 g/mol. The Bertz CT molecular complexity index is 310. The maximum absolute atomic E-state index is 12.8. The molecule has 0 radical (unpaired) electrons. The third-order valence-corrected chi connectivity index (χ3v) is 2.25. The number of hydrogen-bond acceptors (Lipinski definition) is 1. The van der Waals surface area contributed by atoms with Crippen molar-refractivity contribution >= 4 is 11.8 Å². The molecule has 0 aliphatic heterocycles. The Balaban J connectivity index is 3.39. The van der Waals surface area contributed by atoms with Crippen molar-refractivity contribution in [3.8, 4) is 0 Å². The third-order valence-electron chi connectivity index (χ3n) is 1.52. The van der Waals surface area contributed by atoms with Gasteiger partial charge < -0.3 is 0 Å². The van der Waals surface area contributed by atoms with Gasteiger partial charge in [0, 0.05) is 4.90 Å². The van der Waals surface area contributed by atoms with Gasteiger partial charge >= 0.3 is 0 Å². The first-order chi connectivity index (χ1) is 5.57. The van der Waals surface area contributed by atoms with Crippen LogP contribution in [0.2, 0.25) is 0 Å². The first kappa shape index (κ1) is 9.45. The van der Waals surface area contributed by atoms with Gasteiger partial charge in [-0.3, -0.25) is 0 Å². The maximum Gasteiger partial charge on any atom is 0.195 e. The van der Waals surface area contributed by atoms with Gasteiger partial charge in [-0.2, -0.15) is 0 Å². The van der Waals surface area contributed by atoms with Gasteiger partial charge in [0.25, 0.3) is 0 Å². The van der Waals surface area contributed by atoms with Crippen LogP contribution in [0, 0.1) is 24.4 Å². The van der Waals surface area contributed by atoms with Crippen molar-refractivity contribution in [2.24, 2.45) is 0 Å². The van der Waals surface area contributed by atoms with Gasteiger partial charge in [-0.25, -0.2) is 13.2 Å². The van der Waals surface area contributed by atoms with Crippen molar-refractivity contribution in [3.63, 3.8) is 0 Å². The van der Waals surface area contributed by atoms with Crippen molar-refractivity contribution in [3.05, 3.63) is 29.1 Å². The van der Waals surface area contributed by atoms with E-state index in [-0.39, 0.29) is 10.5 Å². The molecule has 0 nitrogen and oxygen atoms in total. The van der Waals surface area contributed by atoms with Crippen LogP contribution in [0.25, 0.3) is 0 Å². The number of aryl methyl sites for hydroxylation is 1. The smallest absolute Gasteiger partial charge is 0.195 e. The highest BCUT2D eigenvalue weighted by atomic mass is 32.2. The first-order valence-electron chi connectivity index (χ1n) is 3.26. The summed E-state index contributed by atoms with van der Waals surface area (Å²) in [5.74, 6) is -3.60. The fourth-order valence-electron chi connectivity index (χ4n) is 0.850. The fraction of sp³-hybridized carbons (Fsp3) is 0.250. The minimum absolute atomic E-state index is 0.123. The molecule has 0 saturated carbocycles. The molecular formula is C8H7F3S. The molecule has 0 heterocycles. The highest BCUT2D eigenvalue weighted by Gasteiger charge is 2.15. The first-order valence-corrected chi connectivity index (χ1v) is 4.48. The zero-order chi connectivity index (χ0) is 9.30. The van der Waals surface area contributed by atoms with Crippen molar-refractivity contribution in [1.82, 2.24) is 0 Å². The predicted molar refractivity (Wildman–Crippen MR) is 42.8 cm³/mol.